The van der Waals surface area contributed by atoms with Crippen LogP contribution in [0.5, 0.6) is 0 Å². The summed E-state index contributed by atoms with van der Waals surface area (Å²) in [5, 5.41) is 150. The van der Waals surface area contributed by atoms with E-state index < -0.39 is 209 Å². The van der Waals surface area contributed by atoms with E-state index in [0.29, 0.717) is 38.5 Å². The van der Waals surface area contributed by atoms with Crippen LogP contribution < -0.4 is 10.6 Å². The van der Waals surface area contributed by atoms with Gasteiger partial charge in [-0.05, 0) is 82.6 Å². The second-order valence-corrected chi connectivity index (χ2v) is 28.0. The number of amides is 2. The molecule has 0 unspecified atom stereocenters. The molecule has 2 amide bonds. The zero-order chi connectivity index (χ0) is 66.7. The number of aliphatic hydroxyl groups is 13. The number of ketones is 1. The zero-order valence-electron chi connectivity index (χ0n) is 53.5. The molecule has 31 atom stereocenters. The van der Waals surface area contributed by atoms with E-state index in [4.69, 9.17) is 52.1 Å². The van der Waals surface area contributed by atoms with Crippen LogP contribution in [-0.4, -0.2) is 283 Å². The molecule has 15 N–H and O–H groups in total. The number of ether oxygens (including phenoxy) is 11. The fraction of sp³-hybridized carbons (Fsp3) is 0.887. The first-order valence-electron chi connectivity index (χ1n) is 31.9. The lowest BCUT2D eigenvalue weighted by Crippen LogP contribution is -2.71. The number of fused-ring (bicyclic) bond motifs is 4. The fourth-order valence-corrected chi connectivity index (χ4v) is 16.9. The van der Waals surface area contributed by atoms with Gasteiger partial charge in [0.1, 0.15) is 110 Å². The molecule has 0 aromatic rings. The molecule has 5 heterocycles. The average molecular weight is 1310 g/mol. The van der Waals surface area contributed by atoms with Crippen LogP contribution in [0.25, 0.3) is 0 Å². The summed E-state index contributed by atoms with van der Waals surface area (Å²) in [6.45, 7) is 13.1. The van der Waals surface area contributed by atoms with Crippen molar-refractivity contribution in [2.75, 3.05) is 40.1 Å². The van der Waals surface area contributed by atoms with Crippen LogP contribution in [0.15, 0.2) is 22.8 Å². The molecule has 0 bridgehead atoms. The van der Waals surface area contributed by atoms with E-state index in [0.717, 1.165) is 32.3 Å². The average Bonchev–Trinajstić information content (AvgIpc) is 1.64. The minimum atomic E-state index is -1.95. The molecule has 3 saturated carbocycles. The lowest BCUT2D eigenvalue weighted by atomic mass is 9.41. The van der Waals surface area contributed by atoms with Crippen LogP contribution in [0.1, 0.15) is 114 Å². The minimum Gasteiger partial charge on any atom is -0.394 e. The highest BCUT2D eigenvalue weighted by molar-refractivity contribution is 5.90. The molecule has 0 aromatic carbocycles. The first-order valence-corrected chi connectivity index (χ1v) is 31.9. The monoisotopic (exact) mass is 1300 g/mol. The molecule has 29 nitrogen and oxygen atoms in total. The van der Waals surface area contributed by atoms with Crippen molar-refractivity contribution in [2.24, 2.45) is 34.0 Å². The quantitative estimate of drug-likeness (QED) is 0.0322. The van der Waals surface area contributed by atoms with Crippen molar-refractivity contribution < 1.29 is 133 Å². The maximum atomic E-state index is 13.6. The van der Waals surface area contributed by atoms with Crippen molar-refractivity contribution in [3.8, 4) is 0 Å². The molecule has 0 radical (unpaired) electrons. The maximum Gasteiger partial charge on any atom is 0.217 e. The Kier molecular flexibility index (Phi) is 22.8. The van der Waals surface area contributed by atoms with Crippen LogP contribution in [0.3, 0.4) is 0 Å². The van der Waals surface area contributed by atoms with Gasteiger partial charge in [0.15, 0.2) is 37.2 Å². The number of carbonyl (C=O) groups is 3. The highest BCUT2D eigenvalue weighted by Gasteiger charge is 2.70. The van der Waals surface area contributed by atoms with Crippen molar-refractivity contribution >= 4 is 17.6 Å². The molecule has 5 aliphatic heterocycles. The SMILES string of the molecule is CO[C@@H]1C[C@H]2C(=C3CC[C@H]([C@H](C)CC(=O)C=C(C)C)[C@]31C)CC[C@@]1(O)C(C)(C)[C@@H](O[C@@H]3OC[C@@H](O[C@@H]4O[C@H](CO)[C@H](O)[C@H](O)[C@H]4NC(C)=O)[C@H](O)[C@H]3O[C@@H]3O[C@H](CO[C@@H]4OC[C@@H](O)[C@H](O)[C@H]4O[C@@H]4O[C@H](CO)[C@@H](O)[C@H](O)[C@H]4O)[C@@H](O)[C@H](O)[C@H]3NC(C)=O)CC[C@]21C. The topological polar surface area (TPSA) is 440 Å². The summed E-state index contributed by atoms with van der Waals surface area (Å²) in [7, 11) is 1.73. The van der Waals surface area contributed by atoms with Gasteiger partial charge in [-0.15, -0.1) is 0 Å². The Hall–Kier alpha value is -2.87. The van der Waals surface area contributed by atoms with Gasteiger partial charge >= 0.3 is 0 Å². The van der Waals surface area contributed by atoms with Gasteiger partial charge in [-0.2, -0.15) is 0 Å². The van der Waals surface area contributed by atoms with Gasteiger partial charge in [0.2, 0.25) is 11.8 Å². The third-order valence-electron chi connectivity index (χ3n) is 21.9. The molecular formula is C62H100N2O27. The molecule has 5 saturated heterocycles. The van der Waals surface area contributed by atoms with E-state index in [1.807, 2.05) is 27.7 Å². The largest absolute Gasteiger partial charge is 0.394 e. The standard InChI is InChI=1S/C62H100N2O27/c1-25(2)17-29(69)18-26(3)31-11-12-32-30-13-16-62(80)59(6,7)39(14-15-60(62,8)33(30)19-40(81-10)61(31,32)9)89-58-53(47(75)38(24-84-58)88-54-41(63-27(4)67)48(76)44(72)35(20-65)85-54)90-55-42(64-28(5)68)49(77)46(74)37(87-55)23-83-57-52(43(71)34(70)22-82-57)91-56-51(79)50(78)45(73)36(21-66)86-56/h17,26,31,33-58,65-66,70-80H,11-16,18-24H2,1-10H3,(H,63,67)(H,64,68)/t26-,31-,33+,34-,35-,36-,37-,38-,39+,40-,41-,42-,43+,44+,45-,46-,47+,48-,49-,50+,51-,52-,53-,54+,55+,56+,57+,58+,60-,61-,62-/m1/s1. The van der Waals surface area contributed by atoms with E-state index in [-0.39, 0.29) is 35.1 Å². The van der Waals surface area contributed by atoms with Crippen LogP contribution >= 0.6 is 0 Å². The maximum absolute atomic E-state index is 13.6. The molecule has 9 aliphatic rings. The second kappa shape index (κ2) is 28.7. The smallest absolute Gasteiger partial charge is 0.217 e. The lowest BCUT2D eigenvalue weighted by Gasteiger charge is -2.67. The summed E-state index contributed by atoms with van der Waals surface area (Å²) in [4.78, 5) is 38.6. The number of rotatable bonds is 20. The predicted molar refractivity (Wildman–Crippen MR) is 311 cm³/mol. The van der Waals surface area contributed by atoms with Gasteiger partial charge < -0.3 is 129 Å². The molecule has 91 heavy (non-hydrogen) atoms. The Morgan fingerprint density at radius 3 is 1.79 bits per heavy atom. The molecule has 0 spiro atoms. The normalized spacial score (nSPS) is 47.7. The lowest BCUT2D eigenvalue weighted by molar-refractivity contribution is -0.378. The number of allylic oxidation sites excluding steroid dienone is 3. The van der Waals surface area contributed by atoms with Crippen molar-refractivity contribution in [3.05, 3.63) is 22.8 Å². The van der Waals surface area contributed by atoms with Crippen LogP contribution in [0.4, 0.5) is 0 Å². The Balaban J connectivity index is 0.998. The third kappa shape index (κ3) is 13.6. The van der Waals surface area contributed by atoms with Gasteiger partial charge in [-0.1, -0.05) is 51.3 Å². The summed E-state index contributed by atoms with van der Waals surface area (Å²) < 4.78 is 68.0. The second-order valence-electron chi connectivity index (χ2n) is 28.0. The van der Waals surface area contributed by atoms with E-state index in [2.05, 4.69) is 31.4 Å². The fourth-order valence-electron chi connectivity index (χ4n) is 16.9. The molecule has 520 valence electrons. The van der Waals surface area contributed by atoms with Gasteiger partial charge in [-0.3, -0.25) is 14.4 Å². The van der Waals surface area contributed by atoms with Crippen LogP contribution in [-0.2, 0) is 66.5 Å². The van der Waals surface area contributed by atoms with E-state index >= 15 is 0 Å². The summed E-state index contributed by atoms with van der Waals surface area (Å²) in [6.07, 6.45) is -31.2. The highest BCUT2D eigenvalue weighted by atomic mass is 16.8. The van der Waals surface area contributed by atoms with E-state index in [1.54, 1.807) is 13.2 Å². The number of hydrogen-bond acceptors (Lipinski definition) is 27. The van der Waals surface area contributed by atoms with Crippen LogP contribution in [0, 0.1) is 34.0 Å². The van der Waals surface area contributed by atoms with Crippen LogP contribution in [0.2, 0.25) is 0 Å². The summed E-state index contributed by atoms with van der Waals surface area (Å²) in [6, 6.07) is -3.10. The molecular weight excluding hydrogens is 1200 g/mol. The van der Waals surface area contributed by atoms with Crippen molar-refractivity contribution in [1.29, 1.82) is 0 Å². The van der Waals surface area contributed by atoms with Gasteiger partial charge in [0.05, 0.1) is 50.8 Å². The van der Waals surface area contributed by atoms with Crippen molar-refractivity contribution in [2.45, 2.75) is 273 Å². The van der Waals surface area contributed by atoms with Gasteiger partial charge in [-0.25, -0.2) is 0 Å². The number of hydrogen-bond donors (Lipinski definition) is 15. The molecule has 29 heteroatoms. The number of aliphatic hydroxyl groups excluding tert-OH is 12. The Morgan fingerprint density at radius 1 is 0.626 bits per heavy atom. The highest BCUT2D eigenvalue weighted by Crippen LogP contribution is 2.70. The molecule has 9 rings (SSSR count). The summed E-state index contributed by atoms with van der Waals surface area (Å²) in [5.41, 5.74) is 0.0844. The third-order valence-corrected chi connectivity index (χ3v) is 21.9. The zero-order valence-corrected chi connectivity index (χ0v) is 53.5. The van der Waals surface area contributed by atoms with Crippen molar-refractivity contribution in [1.82, 2.24) is 10.6 Å². The van der Waals surface area contributed by atoms with E-state index in [9.17, 15) is 80.8 Å². The van der Waals surface area contributed by atoms with Gasteiger partial charge in [0.25, 0.3) is 0 Å². The van der Waals surface area contributed by atoms with Crippen molar-refractivity contribution in [3.63, 3.8) is 0 Å². The van der Waals surface area contributed by atoms with E-state index in [1.165, 1.54) is 11.1 Å². The molecule has 4 aliphatic carbocycles. The summed E-state index contributed by atoms with van der Waals surface area (Å²) in [5.74, 6) is -1.10. The Bertz CT molecular complexity index is 2590. The number of carbonyl (C=O) groups excluding carboxylic acids is 3. The minimum absolute atomic E-state index is 0.0914. The molecule has 0 aromatic heterocycles. The Morgan fingerprint density at radius 2 is 1.19 bits per heavy atom. The number of methoxy groups -OCH3 is 1. The number of nitrogens with one attached hydrogen (secondary N) is 2. The molecule has 8 fully saturated rings. The predicted octanol–water partition coefficient (Wildman–Crippen LogP) is -3.31. The Labute approximate surface area is 529 Å². The summed E-state index contributed by atoms with van der Waals surface area (Å²) >= 11 is 0. The first-order chi connectivity index (χ1) is 42.8. The van der Waals surface area contributed by atoms with Gasteiger partial charge in [0, 0.05) is 43.6 Å². The first kappa shape index (κ1) is 72.4.